The molecule has 0 fully saturated rings. The Labute approximate surface area is 97.4 Å². The van der Waals surface area contributed by atoms with Gasteiger partial charge < -0.3 is 5.32 Å². The number of hydrogen-bond acceptors (Lipinski definition) is 1. The van der Waals surface area contributed by atoms with Crippen LogP contribution >= 0.6 is 0 Å². The summed E-state index contributed by atoms with van der Waals surface area (Å²) in [6, 6.07) is 6.34. The molecule has 1 amide bonds. The summed E-state index contributed by atoms with van der Waals surface area (Å²) in [5, 5.41) is 2.77. The quantitative estimate of drug-likeness (QED) is 0.754. The lowest BCUT2D eigenvalue weighted by Crippen LogP contribution is -2.23. The van der Waals surface area contributed by atoms with E-state index in [1.54, 1.807) is 6.08 Å². The van der Waals surface area contributed by atoms with Crippen molar-refractivity contribution in [3.05, 3.63) is 47.5 Å². The molecule has 0 bridgehead atoms. The summed E-state index contributed by atoms with van der Waals surface area (Å²) in [4.78, 5) is 11.4. The van der Waals surface area contributed by atoms with Crippen LogP contribution in [0.15, 0.2) is 30.9 Å². The lowest BCUT2D eigenvalue weighted by atomic mass is 10.0. The van der Waals surface area contributed by atoms with E-state index in [2.05, 4.69) is 43.9 Å². The Balaban J connectivity index is 2.45. The Morgan fingerprint density at radius 1 is 1.38 bits per heavy atom. The second kappa shape index (κ2) is 6.11. The molecule has 86 valence electrons. The van der Waals surface area contributed by atoms with Crippen LogP contribution in [0.4, 0.5) is 0 Å². The van der Waals surface area contributed by atoms with Crippen molar-refractivity contribution in [3.63, 3.8) is 0 Å². The van der Waals surface area contributed by atoms with E-state index in [0.29, 0.717) is 13.0 Å². The Morgan fingerprint density at radius 2 is 2.12 bits per heavy atom. The molecule has 1 rings (SSSR count). The van der Waals surface area contributed by atoms with Crippen LogP contribution in [-0.2, 0) is 11.2 Å². The zero-order valence-corrected chi connectivity index (χ0v) is 10.0. The molecule has 0 radical (unpaired) electrons. The summed E-state index contributed by atoms with van der Waals surface area (Å²) >= 11 is 0. The van der Waals surface area contributed by atoms with E-state index < -0.39 is 0 Å². The van der Waals surface area contributed by atoms with Crippen LogP contribution in [0.25, 0.3) is 0 Å². The number of rotatable bonds is 5. The molecule has 0 unspecified atom stereocenters. The van der Waals surface area contributed by atoms with Gasteiger partial charge in [-0.1, -0.05) is 24.3 Å². The summed E-state index contributed by atoms with van der Waals surface area (Å²) in [5.41, 5.74) is 3.79. The first-order valence-corrected chi connectivity index (χ1v) is 5.57. The molecular weight excluding hydrogens is 198 g/mol. The maximum absolute atomic E-state index is 11.4. The van der Waals surface area contributed by atoms with Crippen molar-refractivity contribution < 1.29 is 4.79 Å². The summed E-state index contributed by atoms with van der Waals surface area (Å²) in [6.07, 6.45) is 3.02. The largest absolute Gasteiger partial charge is 0.353 e. The fraction of sp³-hybridized carbons (Fsp3) is 0.357. The molecule has 2 heteroatoms. The van der Waals surface area contributed by atoms with Gasteiger partial charge in [0.05, 0.1) is 0 Å². The third kappa shape index (κ3) is 3.89. The predicted octanol–water partition coefficient (Wildman–Crippen LogP) is 2.54. The van der Waals surface area contributed by atoms with Crippen molar-refractivity contribution in [1.29, 1.82) is 0 Å². The predicted molar refractivity (Wildman–Crippen MR) is 67.4 cm³/mol. The smallest absolute Gasteiger partial charge is 0.220 e. The van der Waals surface area contributed by atoms with E-state index >= 15 is 0 Å². The van der Waals surface area contributed by atoms with Gasteiger partial charge in [0.1, 0.15) is 0 Å². The summed E-state index contributed by atoms with van der Waals surface area (Å²) in [5.74, 6) is 0.0816. The highest BCUT2D eigenvalue weighted by molar-refractivity contribution is 5.76. The van der Waals surface area contributed by atoms with Crippen molar-refractivity contribution in [2.45, 2.75) is 26.7 Å². The topological polar surface area (TPSA) is 29.1 Å². The number of hydrogen-bond donors (Lipinski definition) is 1. The molecule has 0 atom stereocenters. The second-order valence-electron chi connectivity index (χ2n) is 4.01. The van der Waals surface area contributed by atoms with Gasteiger partial charge in [-0.3, -0.25) is 4.79 Å². The first-order chi connectivity index (χ1) is 7.63. The van der Waals surface area contributed by atoms with E-state index in [-0.39, 0.29) is 5.91 Å². The minimum absolute atomic E-state index is 0.0816. The number of carbonyl (C=O) groups is 1. The van der Waals surface area contributed by atoms with Gasteiger partial charge in [-0.2, -0.15) is 0 Å². The van der Waals surface area contributed by atoms with Crippen LogP contribution in [0, 0.1) is 13.8 Å². The van der Waals surface area contributed by atoms with Gasteiger partial charge in [0, 0.05) is 13.0 Å². The van der Waals surface area contributed by atoms with Crippen LogP contribution in [0.5, 0.6) is 0 Å². The van der Waals surface area contributed by atoms with Crippen LogP contribution in [-0.4, -0.2) is 12.5 Å². The molecule has 1 N–H and O–H groups in total. The minimum Gasteiger partial charge on any atom is -0.353 e. The normalized spacial score (nSPS) is 9.88. The third-order valence-corrected chi connectivity index (χ3v) is 2.66. The Hall–Kier alpha value is -1.57. The molecule has 0 saturated heterocycles. The molecule has 0 saturated carbocycles. The zero-order valence-electron chi connectivity index (χ0n) is 10.0. The lowest BCUT2D eigenvalue weighted by molar-refractivity contribution is -0.120. The maximum atomic E-state index is 11.4. The van der Waals surface area contributed by atoms with Crippen LogP contribution in [0.3, 0.4) is 0 Å². The molecule has 0 heterocycles. The SMILES string of the molecule is C=CCNC(=O)CCc1ccc(C)c(C)c1. The molecular formula is C14H19NO. The van der Waals surface area contributed by atoms with E-state index in [0.717, 1.165) is 6.42 Å². The molecule has 0 aliphatic carbocycles. The zero-order chi connectivity index (χ0) is 12.0. The van der Waals surface area contributed by atoms with Crippen LogP contribution in [0.1, 0.15) is 23.1 Å². The number of amides is 1. The first-order valence-electron chi connectivity index (χ1n) is 5.57. The van der Waals surface area contributed by atoms with Crippen molar-refractivity contribution in [1.82, 2.24) is 5.32 Å². The Morgan fingerprint density at radius 3 is 2.75 bits per heavy atom. The summed E-state index contributed by atoms with van der Waals surface area (Å²) in [6.45, 7) is 8.29. The van der Waals surface area contributed by atoms with Gasteiger partial charge in [-0.15, -0.1) is 6.58 Å². The second-order valence-corrected chi connectivity index (χ2v) is 4.01. The molecule has 2 nitrogen and oxygen atoms in total. The third-order valence-electron chi connectivity index (χ3n) is 2.66. The van der Waals surface area contributed by atoms with Crippen LogP contribution in [0.2, 0.25) is 0 Å². The van der Waals surface area contributed by atoms with Crippen LogP contribution < -0.4 is 5.32 Å². The molecule has 1 aromatic carbocycles. The minimum atomic E-state index is 0.0816. The molecule has 1 aromatic rings. The highest BCUT2D eigenvalue weighted by Crippen LogP contribution is 2.11. The van der Waals surface area contributed by atoms with Gasteiger partial charge in [0.15, 0.2) is 0 Å². The highest BCUT2D eigenvalue weighted by atomic mass is 16.1. The first kappa shape index (κ1) is 12.5. The fourth-order valence-corrected chi connectivity index (χ4v) is 1.49. The monoisotopic (exact) mass is 217 g/mol. The average Bonchev–Trinajstić information content (AvgIpc) is 2.28. The van der Waals surface area contributed by atoms with Gasteiger partial charge in [-0.05, 0) is 37.0 Å². The summed E-state index contributed by atoms with van der Waals surface area (Å²) in [7, 11) is 0. The van der Waals surface area contributed by atoms with Crippen molar-refractivity contribution in [3.8, 4) is 0 Å². The van der Waals surface area contributed by atoms with E-state index in [4.69, 9.17) is 0 Å². The van der Waals surface area contributed by atoms with Crippen molar-refractivity contribution in [2.75, 3.05) is 6.54 Å². The van der Waals surface area contributed by atoms with Gasteiger partial charge in [0.2, 0.25) is 5.91 Å². The molecule has 0 aromatic heterocycles. The highest BCUT2D eigenvalue weighted by Gasteiger charge is 2.01. The Bertz CT molecular complexity index is 382. The number of nitrogens with one attached hydrogen (secondary N) is 1. The van der Waals surface area contributed by atoms with Crippen molar-refractivity contribution >= 4 is 5.91 Å². The van der Waals surface area contributed by atoms with E-state index in [1.165, 1.54) is 16.7 Å². The number of benzene rings is 1. The van der Waals surface area contributed by atoms with Crippen molar-refractivity contribution in [2.24, 2.45) is 0 Å². The molecule has 16 heavy (non-hydrogen) atoms. The van der Waals surface area contributed by atoms with Gasteiger partial charge in [-0.25, -0.2) is 0 Å². The van der Waals surface area contributed by atoms with Gasteiger partial charge >= 0.3 is 0 Å². The molecule has 0 spiro atoms. The van der Waals surface area contributed by atoms with Gasteiger partial charge in [0.25, 0.3) is 0 Å². The Kier molecular flexibility index (Phi) is 4.77. The fourth-order valence-electron chi connectivity index (χ4n) is 1.49. The standard InChI is InChI=1S/C14H19NO/c1-4-9-15-14(16)8-7-13-6-5-11(2)12(3)10-13/h4-6,10H,1,7-9H2,2-3H3,(H,15,16). The lowest BCUT2D eigenvalue weighted by Gasteiger charge is -2.05. The summed E-state index contributed by atoms with van der Waals surface area (Å²) < 4.78 is 0. The maximum Gasteiger partial charge on any atom is 0.220 e. The number of carbonyl (C=O) groups excluding carboxylic acids is 1. The molecule has 0 aliphatic heterocycles. The average molecular weight is 217 g/mol. The molecule has 0 aliphatic rings. The van der Waals surface area contributed by atoms with E-state index in [9.17, 15) is 4.79 Å². The van der Waals surface area contributed by atoms with E-state index in [1.807, 2.05) is 0 Å². The number of aryl methyl sites for hydroxylation is 3.